The maximum absolute atomic E-state index is 12.5. The number of aromatic amines is 1. The molecular weight excluding hydrogens is 329 g/mol. The van der Waals surface area contributed by atoms with E-state index < -0.39 is 28.4 Å². The van der Waals surface area contributed by atoms with Gasteiger partial charge < -0.3 is 15.4 Å². The smallest absolute Gasteiger partial charge is 0.358 e. The molecule has 0 saturated carbocycles. The summed E-state index contributed by atoms with van der Waals surface area (Å²) in [5, 5.41) is 17.8. The fourth-order valence-corrected chi connectivity index (χ4v) is 1.73. The van der Waals surface area contributed by atoms with Gasteiger partial charge >= 0.3 is 12.0 Å². The Balaban J connectivity index is 2.19. The molecule has 116 valence electrons. The fraction of sp³-hybridized carbons (Fsp3) is 0.0909. The second kappa shape index (κ2) is 5.64. The van der Waals surface area contributed by atoms with Crippen molar-refractivity contribution in [3.8, 4) is 0 Å². The second-order valence-corrected chi connectivity index (χ2v) is 4.45. The lowest BCUT2D eigenvalue weighted by Gasteiger charge is -2.10. The van der Waals surface area contributed by atoms with Crippen molar-refractivity contribution >= 4 is 29.0 Å². The Bertz CT molecular complexity index is 744. The summed E-state index contributed by atoms with van der Waals surface area (Å²) in [7, 11) is 0. The predicted octanol–water partition coefficient (Wildman–Crippen LogP) is 3.24. The van der Waals surface area contributed by atoms with Crippen LogP contribution >= 0.6 is 11.6 Å². The number of nitro groups is 1. The molecule has 0 radical (unpaired) electrons. The summed E-state index contributed by atoms with van der Waals surface area (Å²) in [6.07, 6.45) is -4.56. The maximum atomic E-state index is 12.5. The number of carbonyl (C=O) groups is 1. The second-order valence-electron chi connectivity index (χ2n) is 4.04. The lowest BCUT2D eigenvalue weighted by molar-refractivity contribution is -0.389. The van der Waals surface area contributed by atoms with Gasteiger partial charge in [-0.3, -0.25) is 4.79 Å². The van der Waals surface area contributed by atoms with Gasteiger partial charge in [-0.05, 0) is 23.1 Å². The monoisotopic (exact) mass is 334 g/mol. The third-order valence-corrected chi connectivity index (χ3v) is 2.85. The predicted molar refractivity (Wildman–Crippen MR) is 69.6 cm³/mol. The summed E-state index contributed by atoms with van der Waals surface area (Å²) in [4.78, 5) is 21.5. The van der Waals surface area contributed by atoms with Crippen LogP contribution in [0.5, 0.6) is 0 Å². The zero-order valence-corrected chi connectivity index (χ0v) is 11.2. The first-order chi connectivity index (χ1) is 10.2. The molecule has 0 aliphatic carbocycles. The molecule has 1 heterocycles. The van der Waals surface area contributed by atoms with Gasteiger partial charge in [0.25, 0.3) is 5.91 Å². The van der Waals surface area contributed by atoms with E-state index in [2.05, 4.69) is 10.4 Å². The minimum absolute atomic E-state index is 0.0784. The number of rotatable bonds is 3. The molecule has 0 saturated heterocycles. The number of benzene rings is 1. The number of nitrogens with zero attached hydrogens (tertiary/aromatic N) is 2. The SMILES string of the molecule is O=C(Nc1ccc(C(F)(F)F)cc1Cl)c1cc([N+](=O)[O-])[nH]n1. The molecule has 0 aliphatic heterocycles. The van der Waals surface area contributed by atoms with Gasteiger partial charge in [-0.25, -0.2) is 0 Å². The Labute approximate surface area is 125 Å². The molecule has 0 bridgehead atoms. The molecule has 7 nitrogen and oxygen atoms in total. The van der Waals surface area contributed by atoms with Crippen LogP contribution in [0.3, 0.4) is 0 Å². The topological polar surface area (TPSA) is 101 Å². The lowest BCUT2D eigenvalue weighted by Crippen LogP contribution is -2.13. The van der Waals surface area contributed by atoms with Crippen molar-refractivity contribution in [3.63, 3.8) is 0 Å². The Morgan fingerprint density at radius 2 is 2.05 bits per heavy atom. The summed E-state index contributed by atoms with van der Waals surface area (Å²) in [6.45, 7) is 0. The number of aromatic nitrogens is 2. The molecule has 1 aromatic heterocycles. The zero-order valence-electron chi connectivity index (χ0n) is 10.4. The molecule has 1 amide bonds. The van der Waals surface area contributed by atoms with E-state index in [9.17, 15) is 28.1 Å². The van der Waals surface area contributed by atoms with Crippen molar-refractivity contribution in [2.24, 2.45) is 0 Å². The van der Waals surface area contributed by atoms with E-state index in [1.807, 2.05) is 5.10 Å². The van der Waals surface area contributed by atoms with Crippen LogP contribution in [0.25, 0.3) is 0 Å². The molecule has 22 heavy (non-hydrogen) atoms. The van der Waals surface area contributed by atoms with Crippen LogP contribution in [-0.4, -0.2) is 21.0 Å². The molecule has 0 fully saturated rings. The van der Waals surface area contributed by atoms with Crippen molar-refractivity contribution in [1.29, 1.82) is 0 Å². The first-order valence-electron chi connectivity index (χ1n) is 5.56. The van der Waals surface area contributed by atoms with Crippen molar-refractivity contribution < 1.29 is 22.9 Å². The van der Waals surface area contributed by atoms with E-state index >= 15 is 0 Å². The van der Waals surface area contributed by atoms with Crippen molar-refractivity contribution in [2.75, 3.05) is 5.32 Å². The third kappa shape index (κ3) is 3.34. The van der Waals surface area contributed by atoms with Gasteiger partial charge in [0.1, 0.15) is 0 Å². The van der Waals surface area contributed by atoms with Crippen LogP contribution in [0.2, 0.25) is 5.02 Å². The Kier molecular flexibility index (Phi) is 4.04. The van der Waals surface area contributed by atoms with Gasteiger partial charge in [0.15, 0.2) is 5.69 Å². The van der Waals surface area contributed by atoms with Gasteiger partial charge in [-0.2, -0.15) is 13.2 Å². The largest absolute Gasteiger partial charge is 0.416 e. The summed E-state index contributed by atoms with van der Waals surface area (Å²) < 4.78 is 37.4. The van der Waals surface area contributed by atoms with E-state index in [4.69, 9.17) is 11.6 Å². The van der Waals surface area contributed by atoms with Crippen molar-refractivity contribution in [2.45, 2.75) is 6.18 Å². The summed E-state index contributed by atoms with van der Waals surface area (Å²) in [6, 6.07) is 3.26. The summed E-state index contributed by atoms with van der Waals surface area (Å²) in [5.74, 6) is -1.35. The molecule has 2 N–H and O–H groups in total. The number of halogens is 4. The van der Waals surface area contributed by atoms with E-state index in [-0.39, 0.29) is 16.4 Å². The van der Waals surface area contributed by atoms with Crippen LogP contribution in [-0.2, 0) is 6.18 Å². The highest BCUT2D eigenvalue weighted by atomic mass is 35.5. The van der Waals surface area contributed by atoms with E-state index in [1.165, 1.54) is 0 Å². The van der Waals surface area contributed by atoms with Crippen LogP contribution in [0.15, 0.2) is 24.3 Å². The van der Waals surface area contributed by atoms with Gasteiger partial charge in [-0.1, -0.05) is 16.7 Å². The molecule has 2 rings (SSSR count). The number of hydrogen-bond acceptors (Lipinski definition) is 4. The fourth-order valence-electron chi connectivity index (χ4n) is 1.50. The molecule has 0 spiro atoms. The number of alkyl halides is 3. The number of H-pyrrole nitrogens is 1. The zero-order chi connectivity index (χ0) is 16.5. The average molecular weight is 335 g/mol. The normalized spacial score (nSPS) is 11.3. The van der Waals surface area contributed by atoms with Crippen molar-refractivity contribution in [1.82, 2.24) is 10.2 Å². The van der Waals surface area contributed by atoms with Crippen LogP contribution < -0.4 is 5.32 Å². The highest BCUT2D eigenvalue weighted by Crippen LogP contribution is 2.33. The first-order valence-corrected chi connectivity index (χ1v) is 5.94. The molecule has 0 aliphatic rings. The summed E-state index contributed by atoms with van der Waals surface area (Å²) >= 11 is 5.67. The number of hydrogen-bond donors (Lipinski definition) is 2. The standard InChI is InChI=1S/C11H6ClF3N4O3/c12-6-3-5(11(13,14)15)1-2-7(6)16-10(20)8-4-9(18-17-8)19(21)22/h1-4H,(H,16,20)(H,17,18). The maximum Gasteiger partial charge on any atom is 0.416 e. The molecule has 0 unspecified atom stereocenters. The highest BCUT2D eigenvalue weighted by Gasteiger charge is 2.31. The Hall–Kier alpha value is -2.62. The number of amides is 1. The van der Waals surface area contributed by atoms with Crippen LogP contribution in [0.4, 0.5) is 24.7 Å². The summed E-state index contributed by atoms with van der Waals surface area (Å²) in [5.41, 5.74) is -1.35. The quantitative estimate of drug-likeness (QED) is 0.664. The first kappa shape index (κ1) is 15.8. The lowest BCUT2D eigenvalue weighted by atomic mass is 10.2. The molecular formula is C11H6ClF3N4O3. The van der Waals surface area contributed by atoms with Gasteiger partial charge in [-0.15, -0.1) is 5.10 Å². The van der Waals surface area contributed by atoms with Crippen LogP contribution in [0.1, 0.15) is 16.1 Å². The Morgan fingerprint density at radius 1 is 1.36 bits per heavy atom. The molecule has 11 heteroatoms. The molecule has 2 aromatic rings. The molecule has 1 aromatic carbocycles. The third-order valence-electron chi connectivity index (χ3n) is 2.54. The van der Waals surface area contributed by atoms with Crippen molar-refractivity contribution in [3.05, 3.63) is 50.7 Å². The minimum Gasteiger partial charge on any atom is -0.358 e. The number of anilines is 1. The van der Waals surface area contributed by atoms with Gasteiger partial charge in [0, 0.05) is 0 Å². The average Bonchev–Trinajstić information content (AvgIpc) is 2.89. The molecule has 0 atom stereocenters. The number of nitrogens with one attached hydrogen (secondary N) is 2. The minimum atomic E-state index is -4.56. The van der Waals surface area contributed by atoms with E-state index in [0.29, 0.717) is 6.07 Å². The van der Waals surface area contributed by atoms with Gasteiger partial charge in [0.05, 0.1) is 22.3 Å². The van der Waals surface area contributed by atoms with E-state index in [0.717, 1.165) is 18.2 Å². The number of carbonyl (C=O) groups excluding carboxylic acids is 1. The van der Waals surface area contributed by atoms with E-state index in [1.54, 1.807) is 0 Å². The van der Waals surface area contributed by atoms with Crippen LogP contribution in [0, 0.1) is 10.1 Å². The van der Waals surface area contributed by atoms with Gasteiger partial charge in [0.2, 0.25) is 0 Å². The Morgan fingerprint density at radius 3 is 2.55 bits per heavy atom. The highest BCUT2D eigenvalue weighted by molar-refractivity contribution is 6.34.